The van der Waals surface area contributed by atoms with Gasteiger partial charge in [0.25, 0.3) is 0 Å². The SMILES string of the molecule is COc1ccccc1N(CC(=O)N(Cc1ccc(C)cc1)C(C)C(=O)NC(C)(C)C)S(C)(=O)=O. The van der Waals surface area contributed by atoms with Gasteiger partial charge in [-0.15, -0.1) is 0 Å². The number of hydrogen-bond acceptors (Lipinski definition) is 5. The molecule has 2 amide bonds. The Labute approximate surface area is 202 Å². The molecular formula is C25H35N3O5S. The van der Waals surface area contributed by atoms with Crippen molar-refractivity contribution in [3.8, 4) is 5.75 Å². The summed E-state index contributed by atoms with van der Waals surface area (Å²) in [6.07, 6.45) is 1.03. The topological polar surface area (TPSA) is 96.0 Å². The first-order chi connectivity index (χ1) is 15.7. The Hall–Kier alpha value is -3.07. The molecule has 2 aromatic rings. The van der Waals surface area contributed by atoms with Gasteiger partial charge in [-0.1, -0.05) is 42.0 Å². The number of rotatable bonds is 9. The normalized spacial score (nSPS) is 12.6. The van der Waals surface area contributed by atoms with Gasteiger partial charge in [0.15, 0.2) is 0 Å². The highest BCUT2D eigenvalue weighted by Crippen LogP contribution is 2.29. The van der Waals surface area contributed by atoms with Gasteiger partial charge in [-0.25, -0.2) is 8.42 Å². The molecule has 0 spiro atoms. The number of anilines is 1. The molecule has 0 radical (unpaired) electrons. The predicted molar refractivity (Wildman–Crippen MR) is 134 cm³/mol. The summed E-state index contributed by atoms with van der Waals surface area (Å²) in [5.74, 6) is -0.506. The van der Waals surface area contributed by atoms with Crippen molar-refractivity contribution in [3.63, 3.8) is 0 Å². The van der Waals surface area contributed by atoms with Gasteiger partial charge in [0.05, 0.1) is 19.1 Å². The highest BCUT2D eigenvalue weighted by Gasteiger charge is 2.32. The minimum Gasteiger partial charge on any atom is -0.495 e. The smallest absolute Gasteiger partial charge is 0.244 e. The van der Waals surface area contributed by atoms with Crippen LogP contribution >= 0.6 is 0 Å². The zero-order chi connectivity index (χ0) is 25.7. The van der Waals surface area contributed by atoms with Crippen LogP contribution in [0.2, 0.25) is 0 Å². The highest BCUT2D eigenvalue weighted by atomic mass is 32.2. The van der Waals surface area contributed by atoms with Crippen molar-refractivity contribution in [2.75, 3.05) is 24.2 Å². The number of carbonyl (C=O) groups excluding carboxylic acids is 2. The molecule has 0 aliphatic heterocycles. The quantitative estimate of drug-likeness (QED) is 0.584. The van der Waals surface area contributed by atoms with E-state index in [1.54, 1.807) is 31.2 Å². The Kier molecular flexibility index (Phi) is 8.72. The van der Waals surface area contributed by atoms with Crippen LogP contribution in [0.5, 0.6) is 5.75 Å². The van der Waals surface area contributed by atoms with Crippen molar-refractivity contribution >= 4 is 27.5 Å². The first-order valence-electron chi connectivity index (χ1n) is 11.0. The Bertz CT molecular complexity index is 1110. The molecule has 2 rings (SSSR count). The number of para-hydroxylation sites is 2. The lowest BCUT2D eigenvalue weighted by molar-refractivity contribution is -0.140. The first-order valence-corrected chi connectivity index (χ1v) is 12.9. The maximum Gasteiger partial charge on any atom is 0.244 e. The first kappa shape index (κ1) is 27.2. The summed E-state index contributed by atoms with van der Waals surface area (Å²) in [4.78, 5) is 27.9. The summed E-state index contributed by atoms with van der Waals surface area (Å²) in [6, 6.07) is 13.4. The molecule has 0 saturated heterocycles. The van der Waals surface area contributed by atoms with Crippen LogP contribution in [0.1, 0.15) is 38.8 Å². The second-order valence-corrected chi connectivity index (χ2v) is 11.3. The van der Waals surface area contributed by atoms with Crippen LogP contribution in [0.3, 0.4) is 0 Å². The summed E-state index contributed by atoms with van der Waals surface area (Å²) >= 11 is 0. The van der Waals surface area contributed by atoms with Gasteiger partial charge in [0.1, 0.15) is 18.3 Å². The number of aryl methyl sites for hydroxylation is 1. The Morgan fingerprint density at radius 2 is 1.65 bits per heavy atom. The molecule has 0 heterocycles. The molecule has 0 fully saturated rings. The maximum atomic E-state index is 13.6. The molecule has 0 bridgehead atoms. The monoisotopic (exact) mass is 489 g/mol. The van der Waals surface area contributed by atoms with Gasteiger partial charge in [0.2, 0.25) is 21.8 Å². The average Bonchev–Trinajstić information content (AvgIpc) is 2.74. The number of hydrogen-bond donors (Lipinski definition) is 1. The van der Waals surface area contributed by atoms with Crippen LogP contribution in [0, 0.1) is 6.92 Å². The molecule has 186 valence electrons. The number of nitrogens with one attached hydrogen (secondary N) is 1. The van der Waals surface area contributed by atoms with Crippen molar-refractivity contribution < 1.29 is 22.7 Å². The number of benzene rings is 2. The predicted octanol–water partition coefficient (Wildman–Crippen LogP) is 3.10. The third kappa shape index (κ3) is 7.48. The lowest BCUT2D eigenvalue weighted by Crippen LogP contribution is -2.54. The van der Waals surface area contributed by atoms with E-state index < -0.39 is 34.1 Å². The molecule has 34 heavy (non-hydrogen) atoms. The van der Waals surface area contributed by atoms with Gasteiger partial charge < -0.3 is 15.0 Å². The van der Waals surface area contributed by atoms with E-state index in [0.29, 0.717) is 5.75 Å². The van der Waals surface area contributed by atoms with E-state index in [4.69, 9.17) is 4.74 Å². The van der Waals surface area contributed by atoms with E-state index in [-0.39, 0.29) is 18.1 Å². The zero-order valence-electron chi connectivity index (χ0n) is 21.0. The fourth-order valence-corrected chi connectivity index (χ4v) is 4.23. The minimum atomic E-state index is -3.83. The standard InChI is InChI=1S/C25H35N3O5S/c1-18-12-14-20(15-13-18)16-27(19(2)24(30)26-25(3,4)5)23(29)17-28(34(7,31)32)21-10-8-9-11-22(21)33-6/h8-15,19H,16-17H2,1-7H3,(H,26,30). The van der Waals surface area contributed by atoms with E-state index in [1.807, 2.05) is 52.0 Å². The van der Waals surface area contributed by atoms with Gasteiger partial charge in [-0.3, -0.25) is 13.9 Å². The maximum absolute atomic E-state index is 13.6. The zero-order valence-corrected chi connectivity index (χ0v) is 21.8. The van der Waals surface area contributed by atoms with Crippen molar-refractivity contribution in [3.05, 3.63) is 59.7 Å². The lowest BCUT2D eigenvalue weighted by Gasteiger charge is -2.33. The van der Waals surface area contributed by atoms with Crippen molar-refractivity contribution in [1.82, 2.24) is 10.2 Å². The van der Waals surface area contributed by atoms with Crippen LogP contribution in [-0.4, -0.2) is 56.6 Å². The Balaban J connectivity index is 2.43. The molecule has 8 nitrogen and oxygen atoms in total. The molecule has 1 N–H and O–H groups in total. The van der Waals surface area contributed by atoms with Crippen LogP contribution < -0.4 is 14.4 Å². The summed E-state index contributed by atoms with van der Waals surface area (Å²) < 4.78 is 31.7. The molecule has 1 unspecified atom stereocenters. The van der Waals surface area contributed by atoms with Crippen LogP contribution in [-0.2, 0) is 26.2 Å². The van der Waals surface area contributed by atoms with Crippen LogP contribution in [0.15, 0.2) is 48.5 Å². The van der Waals surface area contributed by atoms with Crippen molar-refractivity contribution in [2.24, 2.45) is 0 Å². The summed E-state index contributed by atoms with van der Waals surface area (Å²) in [7, 11) is -2.39. The fraction of sp³-hybridized carbons (Fsp3) is 0.440. The van der Waals surface area contributed by atoms with Crippen molar-refractivity contribution in [1.29, 1.82) is 0 Å². The van der Waals surface area contributed by atoms with Crippen LogP contribution in [0.25, 0.3) is 0 Å². The molecule has 0 saturated carbocycles. The number of ether oxygens (including phenoxy) is 1. The lowest BCUT2D eigenvalue weighted by atomic mass is 10.1. The molecular weight excluding hydrogens is 454 g/mol. The third-order valence-corrected chi connectivity index (χ3v) is 6.30. The fourth-order valence-electron chi connectivity index (χ4n) is 3.38. The number of amides is 2. The van der Waals surface area contributed by atoms with Crippen molar-refractivity contribution in [2.45, 2.75) is 52.7 Å². The minimum absolute atomic E-state index is 0.154. The number of sulfonamides is 1. The van der Waals surface area contributed by atoms with E-state index in [2.05, 4.69) is 5.32 Å². The third-order valence-electron chi connectivity index (χ3n) is 5.17. The number of carbonyl (C=O) groups is 2. The van der Waals surface area contributed by atoms with E-state index >= 15 is 0 Å². The number of nitrogens with zero attached hydrogens (tertiary/aromatic N) is 2. The van der Waals surface area contributed by atoms with Gasteiger partial charge >= 0.3 is 0 Å². The second kappa shape index (κ2) is 10.9. The van der Waals surface area contributed by atoms with Crippen LogP contribution in [0.4, 0.5) is 5.69 Å². The van der Waals surface area contributed by atoms with Gasteiger partial charge in [-0.2, -0.15) is 0 Å². The second-order valence-electron chi connectivity index (χ2n) is 9.36. The van der Waals surface area contributed by atoms with E-state index in [0.717, 1.165) is 21.7 Å². The largest absolute Gasteiger partial charge is 0.495 e. The Morgan fingerprint density at radius 3 is 2.18 bits per heavy atom. The molecule has 0 aliphatic carbocycles. The molecule has 0 aromatic heterocycles. The number of methoxy groups -OCH3 is 1. The molecule has 9 heteroatoms. The van der Waals surface area contributed by atoms with E-state index in [1.165, 1.54) is 12.0 Å². The summed E-state index contributed by atoms with van der Waals surface area (Å²) in [6.45, 7) is 8.86. The molecule has 0 aliphatic rings. The Morgan fingerprint density at radius 1 is 1.06 bits per heavy atom. The van der Waals surface area contributed by atoms with Gasteiger partial charge in [0, 0.05) is 12.1 Å². The summed E-state index contributed by atoms with van der Waals surface area (Å²) in [5, 5.41) is 2.90. The molecule has 1 atom stereocenters. The highest BCUT2D eigenvalue weighted by molar-refractivity contribution is 7.92. The summed E-state index contributed by atoms with van der Waals surface area (Å²) in [5.41, 5.74) is 1.67. The average molecular weight is 490 g/mol. The molecule has 2 aromatic carbocycles. The van der Waals surface area contributed by atoms with E-state index in [9.17, 15) is 18.0 Å². The van der Waals surface area contributed by atoms with Gasteiger partial charge in [-0.05, 0) is 52.3 Å².